The van der Waals surface area contributed by atoms with Crippen molar-refractivity contribution in [1.29, 1.82) is 0 Å². The molecule has 0 saturated carbocycles. The molecule has 1 fully saturated rings. The van der Waals surface area contributed by atoms with E-state index in [9.17, 15) is 5.11 Å². The molecule has 4 heterocycles. The summed E-state index contributed by atoms with van der Waals surface area (Å²) in [6, 6.07) is 14.1. The summed E-state index contributed by atoms with van der Waals surface area (Å²) >= 11 is 6.27. The lowest BCUT2D eigenvalue weighted by molar-refractivity contribution is -0.184. The zero-order valence-corrected chi connectivity index (χ0v) is 17.4. The average molecular weight is 431 g/mol. The van der Waals surface area contributed by atoms with Gasteiger partial charge >= 0.3 is 0 Å². The normalized spacial score (nSPS) is 16.9. The Bertz CT molecular complexity index is 1320. The van der Waals surface area contributed by atoms with Crippen LogP contribution in [0, 0.1) is 0 Å². The minimum atomic E-state index is -0.952. The smallest absolute Gasteiger partial charge is 0.144 e. The summed E-state index contributed by atoms with van der Waals surface area (Å²) in [6.45, 7) is 1.44. The second kappa shape index (κ2) is 6.99. The highest BCUT2D eigenvalue weighted by atomic mass is 35.5. The molecule has 7 heteroatoms. The maximum atomic E-state index is 10.6. The second-order valence-electron chi connectivity index (χ2n) is 8.09. The van der Waals surface area contributed by atoms with E-state index in [4.69, 9.17) is 16.3 Å². The number of aliphatic hydroxyl groups is 1. The fourth-order valence-corrected chi connectivity index (χ4v) is 4.49. The van der Waals surface area contributed by atoms with Gasteiger partial charge in [-0.2, -0.15) is 0 Å². The molecule has 4 aromatic rings. The highest BCUT2D eigenvalue weighted by Gasteiger charge is 2.38. The Balaban J connectivity index is 1.46. The monoisotopic (exact) mass is 430 g/mol. The summed E-state index contributed by atoms with van der Waals surface area (Å²) in [5.41, 5.74) is 4.97. The van der Waals surface area contributed by atoms with Gasteiger partial charge in [-0.1, -0.05) is 23.7 Å². The van der Waals surface area contributed by atoms with Crippen LogP contribution in [-0.4, -0.2) is 39.8 Å². The van der Waals surface area contributed by atoms with Gasteiger partial charge in [-0.15, -0.1) is 0 Å². The molecule has 2 aromatic carbocycles. The molecule has 154 valence electrons. The second-order valence-corrected chi connectivity index (χ2v) is 8.53. The third kappa shape index (κ3) is 3.07. The van der Waals surface area contributed by atoms with Crippen LogP contribution < -0.4 is 4.90 Å². The van der Waals surface area contributed by atoms with Crippen molar-refractivity contribution in [2.45, 2.75) is 12.0 Å². The van der Waals surface area contributed by atoms with Crippen LogP contribution in [0.1, 0.15) is 11.1 Å². The maximum Gasteiger partial charge on any atom is 0.144 e. The highest BCUT2D eigenvalue weighted by molar-refractivity contribution is 6.31. The number of nitrogens with zero attached hydrogens (tertiary/aromatic N) is 4. The van der Waals surface area contributed by atoms with E-state index in [-0.39, 0.29) is 0 Å². The molecule has 1 saturated heterocycles. The molecule has 0 amide bonds. The van der Waals surface area contributed by atoms with Gasteiger partial charge in [-0.05, 0) is 47.9 Å². The lowest BCUT2D eigenvalue weighted by Crippen LogP contribution is -2.46. The Labute approximate surface area is 184 Å². The van der Waals surface area contributed by atoms with E-state index < -0.39 is 5.60 Å². The number of rotatable bonds is 3. The van der Waals surface area contributed by atoms with Crippen LogP contribution in [0.3, 0.4) is 0 Å². The van der Waals surface area contributed by atoms with Gasteiger partial charge in [0, 0.05) is 46.2 Å². The molecule has 6 nitrogen and oxygen atoms in total. The summed E-state index contributed by atoms with van der Waals surface area (Å²) in [4.78, 5) is 15.7. The van der Waals surface area contributed by atoms with Crippen LogP contribution in [0.2, 0.25) is 5.02 Å². The SMILES string of the molecule is OC1(c2cncc(-c3ccc4ncnc(N5CCc6ccc(Cl)cc65)c4c3)c2)COC1. The van der Waals surface area contributed by atoms with Gasteiger partial charge in [0.25, 0.3) is 0 Å². The Morgan fingerprint density at radius 3 is 2.74 bits per heavy atom. The first-order chi connectivity index (χ1) is 15.1. The quantitative estimate of drug-likeness (QED) is 0.523. The van der Waals surface area contributed by atoms with Gasteiger partial charge in [-0.3, -0.25) is 4.98 Å². The van der Waals surface area contributed by atoms with Gasteiger partial charge in [0.05, 0.1) is 18.7 Å². The summed E-state index contributed by atoms with van der Waals surface area (Å²) in [5.74, 6) is 0.864. The zero-order chi connectivity index (χ0) is 21.0. The topological polar surface area (TPSA) is 71.4 Å². The number of ether oxygens (including phenoxy) is 1. The number of hydrogen-bond donors (Lipinski definition) is 1. The minimum Gasteiger partial charge on any atom is -0.380 e. The van der Waals surface area contributed by atoms with Crippen molar-refractivity contribution in [3.05, 3.63) is 77.3 Å². The number of benzene rings is 2. The van der Waals surface area contributed by atoms with Gasteiger partial charge in [0.15, 0.2) is 0 Å². The number of hydrogen-bond acceptors (Lipinski definition) is 6. The largest absolute Gasteiger partial charge is 0.380 e. The van der Waals surface area contributed by atoms with Crippen LogP contribution in [0.15, 0.2) is 61.2 Å². The van der Waals surface area contributed by atoms with Gasteiger partial charge in [0.2, 0.25) is 0 Å². The fourth-order valence-electron chi connectivity index (χ4n) is 4.32. The Hall–Kier alpha value is -3.06. The van der Waals surface area contributed by atoms with Crippen molar-refractivity contribution in [1.82, 2.24) is 15.0 Å². The van der Waals surface area contributed by atoms with E-state index in [2.05, 4.69) is 32.0 Å². The van der Waals surface area contributed by atoms with Crippen molar-refractivity contribution in [2.24, 2.45) is 0 Å². The van der Waals surface area contributed by atoms with Crippen LogP contribution in [0.25, 0.3) is 22.0 Å². The van der Waals surface area contributed by atoms with E-state index in [0.29, 0.717) is 18.2 Å². The Morgan fingerprint density at radius 1 is 1.00 bits per heavy atom. The standard InChI is InChI=1S/C24H19ClN4O2/c25-19-3-1-15-5-6-29(22(15)9-19)23-20-8-16(2-4-21(20)27-14-28-23)17-7-18(11-26-10-17)24(30)12-31-13-24/h1-4,7-11,14,30H,5-6,12-13H2. The highest BCUT2D eigenvalue weighted by Crippen LogP contribution is 2.39. The van der Waals surface area contributed by atoms with E-state index >= 15 is 0 Å². The number of aromatic nitrogens is 3. The summed E-state index contributed by atoms with van der Waals surface area (Å²) in [7, 11) is 0. The predicted octanol–water partition coefficient (Wildman–Crippen LogP) is 4.26. The molecule has 2 aromatic heterocycles. The fraction of sp³-hybridized carbons (Fsp3) is 0.208. The number of pyridine rings is 1. The number of halogens is 1. The molecular formula is C24H19ClN4O2. The van der Waals surface area contributed by atoms with E-state index in [1.807, 2.05) is 36.5 Å². The van der Waals surface area contributed by atoms with Crippen LogP contribution in [0.4, 0.5) is 11.5 Å². The summed E-state index contributed by atoms with van der Waals surface area (Å²) in [6.07, 6.45) is 6.06. The molecule has 1 N–H and O–H groups in total. The first-order valence-electron chi connectivity index (χ1n) is 10.2. The molecule has 0 radical (unpaired) electrons. The number of fused-ring (bicyclic) bond motifs is 2. The predicted molar refractivity (Wildman–Crippen MR) is 120 cm³/mol. The van der Waals surface area contributed by atoms with Crippen molar-refractivity contribution < 1.29 is 9.84 Å². The van der Waals surface area contributed by atoms with E-state index in [1.54, 1.807) is 12.5 Å². The molecular weight excluding hydrogens is 412 g/mol. The summed E-state index contributed by atoms with van der Waals surface area (Å²) in [5, 5.41) is 12.3. The molecule has 2 aliphatic heterocycles. The van der Waals surface area contributed by atoms with E-state index in [1.165, 1.54) is 5.56 Å². The first kappa shape index (κ1) is 18.7. The van der Waals surface area contributed by atoms with Crippen LogP contribution in [-0.2, 0) is 16.8 Å². The molecule has 0 atom stereocenters. The van der Waals surface area contributed by atoms with Gasteiger partial charge in [-0.25, -0.2) is 9.97 Å². The first-order valence-corrected chi connectivity index (χ1v) is 10.6. The minimum absolute atomic E-state index is 0.296. The maximum absolute atomic E-state index is 10.6. The van der Waals surface area contributed by atoms with Crippen molar-refractivity contribution in [2.75, 3.05) is 24.7 Å². The lowest BCUT2D eigenvalue weighted by Gasteiger charge is -2.36. The molecule has 6 rings (SSSR count). The Morgan fingerprint density at radius 2 is 1.90 bits per heavy atom. The molecule has 0 unspecified atom stereocenters. The van der Waals surface area contributed by atoms with Crippen LogP contribution in [0.5, 0.6) is 0 Å². The lowest BCUT2D eigenvalue weighted by atomic mass is 9.91. The summed E-state index contributed by atoms with van der Waals surface area (Å²) < 4.78 is 5.20. The number of anilines is 2. The average Bonchev–Trinajstić information content (AvgIpc) is 3.19. The van der Waals surface area contributed by atoms with Crippen LogP contribution >= 0.6 is 11.6 Å². The van der Waals surface area contributed by atoms with Crippen molar-refractivity contribution >= 4 is 34.0 Å². The molecule has 0 aliphatic carbocycles. The van der Waals surface area contributed by atoms with Crippen molar-refractivity contribution in [3.8, 4) is 11.1 Å². The van der Waals surface area contributed by atoms with E-state index in [0.717, 1.165) is 52.1 Å². The van der Waals surface area contributed by atoms with Crippen molar-refractivity contribution in [3.63, 3.8) is 0 Å². The van der Waals surface area contributed by atoms with Gasteiger partial charge < -0.3 is 14.7 Å². The molecule has 2 aliphatic rings. The van der Waals surface area contributed by atoms with Gasteiger partial charge in [0.1, 0.15) is 17.7 Å². The molecule has 0 spiro atoms. The Kier molecular flexibility index (Phi) is 4.21. The molecule has 0 bridgehead atoms. The molecule has 31 heavy (non-hydrogen) atoms. The third-order valence-corrected chi connectivity index (χ3v) is 6.34. The zero-order valence-electron chi connectivity index (χ0n) is 16.6. The third-order valence-electron chi connectivity index (χ3n) is 6.10.